The molecule has 0 radical (unpaired) electrons. The molecule has 5 heteroatoms. The minimum absolute atomic E-state index is 0.0705. The summed E-state index contributed by atoms with van der Waals surface area (Å²) in [7, 11) is 3.41. The molecule has 0 saturated carbocycles. The van der Waals surface area contributed by atoms with Crippen molar-refractivity contribution in [1.82, 2.24) is 4.90 Å². The molecule has 1 unspecified atom stereocenters. The Morgan fingerprint density at radius 1 is 1.53 bits per heavy atom. The zero-order chi connectivity index (χ0) is 13.8. The lowest BCUT2D eigenvalue weighted by Crippen LogP contribution is -2.33. The summed E-state index contributed by atoms with van der Waals surface area (Å²) >= 11 is 7.74. The summed E-state index contributed by atoms with van der Waals surface area (Å²) in [6, 6.07) is 2.07. The molecule has 106 valence electrons. The number of ether oxygens (including phenoxy) is 1. The second-order valence-corrected chi connectivity index (χ2v) is 6.76. The Bertz CT molecular complexity index is 423. The Balaban J connectivity index is 2.00. The number of carbonyl (C=O) groups excluding carboxylic acids is 1. The van der Waals surface area contributed by atoms with Gasteiger partial charge in [-0.2, -0.15) is 0 Å². The summed E-state index contributed by atoms with van der Waals surface area (Å²) in [5.74, 6) is 0.0705. The minimum Gasteiger partial charge on any atom is -0.383 e. The average Bonchev–Trinajstić information content (AvgIpc) is 2.81. The molecular weight excluding hydrogens is 282 g/mol. The molecule has 2 rings (SSSR count). The highest BCUT2D eigenvalue weighted by atomic mass is 35.5. The highest BCUT2D eigenvalue weighted by molar-refractivity contribution is 7.14. The van der Waals surface area contributed by atoms with E-state index in [1.807, 2.05) is 0 Å². The molecule has 1 heterocycles. The Hall–Kier alpha value is -0.580. The first kappa shape index (κ1) is 14.8. The van der Waals surface area contributed by atoms with Crippen molar-refractivity contribution in [3.63, 3.8) is 0 Å². The Kier molecular flexibility index (Phi) is 5.25. The number of amides is 1. The molecule has 1 aliphatic rings. The number of alkyl halides is 1. The summed E-state index contributed by atoms with van der Waals surface area (Å²) in [6.45, 7) is 0.969. The molecule has 3 nitrogen and oxygen atoms in total. The Morgan fingerprint density at radius 2 is 2.26 bits per heavy atom. The van der Waals surface area contributed by atoms with Gasteiger partial charge in [0.15, 0.2) is 0 Å². The topological polar surface area (TPSA) is 29.5 Å². The van der Waals surface area contributed by atoms with Gasteiger partial charge in [-0.05, 0) is 37.3 Å². The Labute approximate surface area is 123 Å². The van der Waals surface area contributed by atoms with Crippen LogP contribution < -0.4 is 0 Å². The highest BCUT2D eigenvalue weighted by Gasteiger charge is 2.21. The maximum Gasteiger partial charge on any atom is 0.263 e. The van der Waals surface area contributed by atoms with E-state index in [-0.39, 0.29) is 11.3 Å². The zero-order valence-corrected chi connectivity index (χ0v) is 13.0. The fourth-order valence-electron chi connectivity index (χ4n) is 2.40. The molecule has 0 aliphatic heterocycles. The van der Waals surface area contributed by atoms with Crippen molar-refractivity contribution < 1.29 is 9.53 Å². The maximum absolute atomic E-state index is 12.3. The molecular formula is C14H20ClNO2S. The number of aryl methyl sites for hydroxylation is 2. The van der Waals surface area contributed by atoms with Crippen molar-refractivity contribution in [3.8, 4) is 0 Å². The van der Waals surface area contributed by atoms with E-state index < -0.39 is 0 Å². The summed E-state index contributed by atoms with van der Waals surface area (Å²) in [5.41, 5.74) is 1.37. The van der Waals surface area contributed by atoms with Crippen molar-refractivity contribution in [2.24, 2.45) is 0 Å². The molecule has 1 amide bonds. The fraction of sp³-hybridized carbons (Fsp3) is 0.643. The first-order valence-corrected chi connectivity index (χ1v) is 7.87. The van der Waals surface area contributed by atoms with Gasteiger partial charge in [0.1, 0.15) is 0 Å². The van der Waals surface area contributed by atoms with E-state index in [1.54, 1.807) is 30.4 Å². The number of methoxy groups -OCH3 is 1. The van der Waals surface area contributed by atoms with Gasteiger partial charge in [0.2, 0.25) is 0 Å². The minimum atomic E-state index is -0.159. The summed E-state index contributed by atoms with van der Waals surface area (Å²) in [6.07, 6.45) is 4.73. The molecule has 1 aliphatic carbocycles. The number of nitrogens with zero attached hydrogens (tertiary/aromatic N) is 1. The van der Waals surface area contributed by atoms with E-state index in [2.05, 4.69) is 6.07 Å². The smallest absolute Gasteiger partial charge is 0.263 e. The number of hydrogen-bond donors (Lipinski definition) is 0. The van der Waals surface area contributed by atoms with E-state index >= 15 is 0 Å². The molecule has 0 spiro atoms. The predicted octanol–water partition coefficient (Wildman–Crippen LogP) is 2.95. The van der Waals surface area contributed by atoms with E-state index in [1.165, 1.54) is 23.3 Å². The van der Waals surface area contributed by atoms with Crippen LogP contribution in [0.15, 0.2) is 6.07 Å². The van der Waals surface area contributed by atoms with Gasteiger partial charge in [-0.3, -0.25) is 4.79 Å². The SMILES string of the molecule is COCC(Cl)CN(C)C(=O)c1cc2c(s1)CCCC2. The van der Waals surface area contributed by atoms with E-state index in [4.69, 9.17) is 16.3 Å². The van der Waals surface area contributed by atoms with Crippen LogP contribution in [-0.4, -0.2) is 43.5 Å². The predicted molar refractivity (Wildman–Crippen MR) is 79.4 cm³/mol. The number of thiophene rings is 1. The van der Waals surface area contributed by atoms with E-state index in [0.717, 1.165) is 17.7 Å². The lowest BCUT2D eigenvalue weighted by Gasteiger charge is -2.19. The molecule has 1 aromatic rings. The second-order valence-electron chi connectivity index (χ2n) is 5.00. The van der Waals surface area contributed by atoms with Crippen LogP contribution >= 0.6 is 22.9 Å². The maximum atomic E-state index is 12.3. The van der Waals surface area contributed by atoms with E-state index in [0.29, 0.717) is 13.2 Å². The van der Waals surface area contributed by atoms with Gasteiger partial charge in [0.25, 0.3) is 5.91 Å². The normalized spacial score (nSPS) is 15.9. The van der Waals surface area contributed by atoms with Crippen LogP contribution in [0.5, 0.6) is 0 Å². The lowest BCUT2D eigenvalue weighted by atomic mass is 9.99. The number of hydrogen-bond acceptors (Lipinski definition) is 3. The summed E-state index contributed by atoms with van der Waals surface area (Å²) < 4.78 is 4.99. The van der Waals surface area contributed by atoms with Gasteiger partial charge in [-0.15, -0.1) is 22.9 Å². The van der Waals surface area contributed by atoms with Crippen LogP contribution in [0, 0.1) is 0 Å². The van der Waals surface area contributed by atoms with Crippen LogP contribution in [0.4, 0.5) is 0 Å². The van der Waals surface area contributed by atoms with Crippen LogP contribution in [-0.2, 0) is 17.6 Å². The van der Waals surface area contributed by atoms with Crippen molar-refractivity contribution >= 4 is 28.8 Å². The molecule has 0 aromatic carbocycles. The number of carbonyl (C=O) groups is 1. The molecule has 0 saturated heterocycles. The van der Waals surface area contributed by atoms with Gasteiger partial charge in [-0.1, -0.05) is 0 Å². The number of rotatable bonds is 5. The van der Waals surface area contributed by atoms with Crippen molar-refractivity contribution in [1.29, 1.82) is 0 Å². The number of fused-ring (bicyclic) bond motifs is 1. The first-order valence-electron chi connectivity index (χ1n) is 6.62. The van der Waals surface area contributed by atoms with Gasteiger partial charge >= 0.3 is 0 Å². The molecule has 19 heavy (non-hydrogen) atoms. The van der Waals surface area contributed by atoms with Gasteiger partial charge in [0.05, 0.1) is 16.9 Å². The monoisotopic (exact) mass is 301 g/mol. The van der Waals surface area contributed by atoms with Crippen molar-refractivity contribution in [2.45, 2.75) is 31.1 Å². The molecule has 0 fully saturated rings. The molecule has 1 aromatic heterocycles. The second kappa shape index (κ2) is 6.73. The van der Waals surface area contributed by atoms with Gasteiger partial charge < -0.3 is 9.64 Å². The molecule has 0 bridgehead atoms. The third kappa shape index (κ3) is 3.71. The van der Waals surface area contributed by atoms with E-state index in [9.17, 15) is 4.79 Å². The fourth-order valence-corrected chi connectivity index (χ4v) is 3.98. The summed E-state index contributed by atoms with van der Waals surface area (Å²) in [5, 5.41) is -0.159. The first-order chi connectivity index (χ1) is 9.11. The van der Waals surface area contributed by atoms with Crippen molar-refractivity contribution in [3.05, 3.63) is 21.4 Å². The van der Waals surface area contributed by atoms with Gasteiger partial charge in [-0.25, -0.2) is 0 Å². The molecule has 1 atom stereocenters. The highest BCUT2D eigenvalue weighted by Crippen LogP contribution is 2.30. The van der Waals surface area contributed by atoms with Crippen molar-refractivity contribution in [2.75, 3.05) is 27.3 Å². The Morgan fingerprint density at radius 3 is 2.95 bits per heavy atom. The zero-order valence-electron chi connectivity index (χ0n) is 11.4. The summed E-state index contributed by atoms with van der Waals surface area (Å²) in [4.78, 5) is 16.3. The van der Waals surface area contributed by atoms with Crippen LogP contribution in [0.1, 0.15) is 33.0 Å². The van der Waals surface area contributed by atoms with Crippen LogP contribution in [0.2, 0.25) is 0 Å². The number of halogens is 1. The lowest BCUT2D eigenvalue weighted by molar-refractivity contribution is 0.0786. The standard InChI is InChI=1S/C14H20ClNO2S/c1-16(8-11(15)9-18-2)14(17)13-7-10-5-3-4-6-12(10)19-13/h7,11H,3-6,8-9H2,1-2H3. The molecule has 0 N–H and O–H groups in total. The van der Waals surface area contributed by atoms with Crippen LogP contribution in [0.3, 0.4) is 0 Å². The quantitative estimate of drug-likeness (QED) is 0.783. The largest absolute Gasteiger partial charge is 0.383 e. The third-order valence-corrected chi connectivity index (χ3v) is 4.86. The van der Waals surface area contributed by atoms with Crippen LogP contribution in [0.25, 0.3) is 0 Å². The third-order valence-electron chi connectivity index (χ3n) is 3.37. The average molecular weight is 302 g/mol. The van der Waals surface area contributed by atoms with Gasteiger partial charge in [0, 0.05) is 25.6 Å².